The van der Waals surface area contributed by atoms with Crippen LogP contribution in [0.5, 0.6) is 5.75 Å². The van der Waals surface area contributed by atoms with Crippen LogP contribution in [0.25, 0.3) is 11.0 Å². The molecule has 4 fully saturated rings. The molecule has 105 heavy (non-hydrogen) atoms. The van der Waals surface area contributed by atoms with Gasteiger partial charge in [-0.3, -0.25) is 28.5 Å². The van der Waals surface area contributed by atoms with E-state index in [2.05, 4.69) is 66.0 Å². The number of anilines is 5. The number of pyridine rings is 1. The molecule has 8 heterocycles. The second-order valence-electron chi connectivity index (χ2n) is 25.8. The molecule has 4 aliphatic rings. The van der Waals surface area contributed by atoms with Crippen LogP contribution in [0.1, 0.15) is 78.3 Å². The van der Waals surface area contributed by atoms with E-state index in [1.54, 1.807) is 96.3 Å². The fourth-order valence-electron chi connectivity index (χ4n) is 13.4. The number of hydrogen-bond donors (Lipinski definition) is 3. The van der Waals surface area contributed by atoms with Gasteiger partial charge in [-0.25, -0.2) is 55.2 Å². The highest BCUT2D eigenvalue weighted by Crippen LogP contribution is 2.39. The normalized spacial score (nSPS) is 15.9. The molecule has 1 aliphatic carbocycles. The number of likely N-dealkylation sites (tertiary alicyclic amines) is 1. The minimum Gasteiger partial charge on any atom is -0.481 e. The molecule has 1 saturated carbocycles. The maximum absolute atomic E-state index is 13.7. The van der Waals surface area contributed by atoms with E-state index in [1.807, 2.05) is 82.1 Å². The van der Waals surface area contributed by atoms with Gasteiger partial charge in [0.15, 0.2) is 11.2 Å². The highest BCUT2D eigenvalue weighted by atomic mass is 35.5. The molecule has 0 bridgehead atoms. The number of piperidine rings is 1. The van der Waals surface area contributed by atoms with Gasteiger partial charge in [0.2, 0.25) is 11.8 Å². The first-order valence-corrected chi connectivity index (χ1v) is 40.4. The van der Waals surface area contributed by atoms with E-state index in [4.69, 9.17) is 27.9 Å². The molecule has 3 aliphatic heterocycles. The summed E-state index contributed by atoms with van der Waals surface area (Å²) in [5, 5.41) is 4.16. The molecule has 3 N–H and O–H groups in total. The fourth-order valence-corrected chi connectivity index (χ4v) is 17.6. The van der Waals surface area contributed by atoms with Gasteiger partial charge in [0.25, 0.3) is 36.0 Å². The van der Waals surface area contributed by atoms with Crippen LogP contribution in [0.2, 0.25) is 10.0 Å². The van der Waals surface area contributed by atoms with Crippen LogP contribution in [0.3, 0.4) is 0 Å². The lowest BCUT2D eigenvalue weighted by Crippen LogP contribution is -2.52. The lowest BCUT2D eigenvalue weighted by atomic mass is 9.83. The molecular formula is C74H85Cl2N15O10S4. The summed E-state index contributed by atoms with van der Waals surface area (Å²) in [5.41, 5.74) is 5.66. The molecule has 0 radical (unpaired) electrons. The van der Waals surface area contributed by atoms with Crippen molar-refractivity contribution in [1.29, 1.82) is 0 Å². The highest BCUT2D eigenvalue weighted by molar-refractivity contribution is 7.93. The molecule has 5 aromatic heterocycles. The van der Waals surface area contributed by atoms with E-state index < -0.39 is 36.2 Å². The van der Waals surface area contributed by atoms with Crippen molar-refractivity contribution in [2.24, 2.45) is 5.92 Å². The van der Waals surface area contributed by atoms with Crippen molar-refractivity contribution >= 4 is 122 Å². The molecule has 5 aromatic carbocycles. The number of thiazole rings is 1. The summed E-state index contributed by atoms with van der Waals surface area (Å²) in [7, 11) is -11.2. The van der Waals surface area contributed by atoms with E-state index in [-0.39, 0.29) is 66.7 Å². The van der Waals surface area contributed by atoms with Crippen molar-refractivity contribution in [3.05, 3.63) is 221 Å². The number of ether oxygens (including phenoxy) is 1. The number of amides is 3. The minimum atomic E-state index is -3.75. The largest absolute Gasteiger partial charge is 0.481 e. The Bertz CT molecular complexity index is 4960. The number of carbonyl (C=O) groups excluding carboxylic acids is 3. The zero-order valence-electron chi connectivity index (χ0n) is 57.6. The summed E-state index contributed by atoms with van der Waals surface area (Å²) >= 11 is 13.2. The molecule has 31 heteroatoms. The number of nitrogens with one attached hydrogen (secondary N) is 3. The maximum Gasteiger partial charge on any atom is 0.263 e. The molecular weight excluding hydrogens is 1460 g/mol. The number of aromatic nitrogens is 7. The van der Waals surface area contributed by atoms with E-state index in [0.29, 0.717) is 92.3 Å². The number of fused-ring (bicyclic) bond motifs is 1. The molecule has 2 atom stereocenters. The average molecular weight is 1540 g/mol. The van der Waals surface area contributed by atoms with Crippen LogP contribution in [-0.2, 0) is 51.0 Å². The molecule has 25 nitrogen and oxygen atoms in total. The Labute approximate surface area is 629 Å². The van der Waals surface area contributed by atoms with Gasteiger partial charge in [0.1, 0.15) is 42.2 Å². The first-order valence-electron chi connectivity index (χ1n) is 34.4. The second kappa shape index (κ2) is 34.0. The van der Waals surface area contributed by atoms with Crippen LogP contribution >= 0.6 is 34.5 Å². The molecule has 0 spiro atoms. The number of sulfonamides is 3. The minimum absolute atomic E-state index is 0. The van der Waals surface area contributed by atoms with Crippen LogP contribution in [0, 0.1) is 12.8 Å². The van der Waals surface area contributed by atoms with Crippen LogP contribution < -0.4 is 28.7 Å². The van der Waals surface area contributed by atoms with Crippen molar-refractivity contribution in [2.45, 2.75) is 91.5 Å². The summed E-state index contributed by atoms with van der Waals surface area (Å²) in [6, 6.07) is 42.7. The number of halogens is 2. The van der Waals surface area contributed by atoms with E-state index >= 15 is 0 Å². The average Bonchev–Trinajstić information content (AvgIpc) is 1.75. The molecule has 10 aromatic rings. The van der Waals surface area contributed by atoms with Crippen molar-refractivity contribution in [3.8, 4) is 5.75 Å². The molecule has 3 saturated heterocycles. The van der Waals surface area contributed by atoms with Gasteiger partial charge in [-0.2, -0.15) is 0 Å². The molecule has 554 valence electrons. The Balaban J connectivity index is 0.000000184. The molecule has 2 unspecified atom stereocenters. The van der Waals surface area contributed by atoms with E-state index in [9.17, 15) is 39.6 Å². The van der Waals surface area contributed by atoms with Gasteiger partial charge in [-0.1, -0.05) is 78.5 Å². The SMILES string of the molecule is Cc1cc(Cl)ccc1OC(C)C(=O)N1CCN(c2ccc(S(=O)(=O)Nc3ccncn3)cc2)CC1.O=C(C(c1ccccc1)C1CCCC1)N1CCN(c2ccc(S(=O)(=O)Nc3ccncn3)cc2)CC1.O=C(Cn1ccc2cc(Cl)cnc21)N1CCC(c2ccc(S(=O)(=O)Nc3nccs3)cc2)CC1.[HH].[HH].[HH]. The summed E-state index contributed by atoms with van der Waals surface area (Å²) in [4.78, 5) is 73.6. The van der Waals surface area contributed by atoms with Crippen LogP contribution in [-0.4, -0.2) is 164 Å². The number of carbonyl (C=O) groups is 3. The number of piperazine rings is 2. The summed E-state index contributed by atoms with van der Waals surface area (Å²) in [6.07, 6.45) is 16.2. The Morgan fingerprint density at radius 2 is 1.11 bits per heavy atom. The molecule has 3 amide bonds. The lowest BCUT2D eigenvalue weighted by molar-refractivity contribution is -0.138. The first kappa shape index (κ1) is 74.9. The monoisotopic (exact) mass is 1540 g/mol. The van der Waals surface area contributed by atoms with Gasteiger partial charge in [-0.15, -0.1) is 11.3 Å². The maximum atomic E-state index is 13.7. The van der Waals surface area contributed by atoms with Crippen molar-refractivity contribution in [2.75, 3.05) is 89.4 Å². The van der Waals surface area contributed by atoms with E-state index in [1.165, 1.54) is 61.4 Å². The first-order chi connectivity index (χ1) is 50.6. The third-order valence-corrected chi connectivity index (χ3v) is 24.3. The van der Waals surface area contributed by atoms with Gasteiger partial charge in [-0.05, 0) is 171 Å². The Morgan fingerprint density at radius 1 is 0.571 bits per heavy atom. The Hall–Kier alpha value is -9.78. The number of nitrogens with zero attached hydrogens (tertiary/aromatic N) is 12. The predicted octanol–water partition coefficient (Wildman–Crippen LogP) is 12.3. The topological polar surface area (TPSA) is 297 Å². The number of benzene rings is 5. The summed E-state index contributed by atoms with van der Waals surface area (Å²) in [6.45, 7) is 10.3. The summed E-state index contributed by atoms with van der Waals surface area (Å²) in [5.74, 6) is 1.93. The smallest absolute Gasteiger partial charge is 0.263 e. The molecule has 14 rings (SSSR count). The van der Waals surface area contributed by atoms with Gasteiger partial charge in [0, 0.05) is 128 Å². The van der Waals surface area contributed by atoms with E-state index in [0.717, 1.165) is 64.8 Å². The van der Waals surface area contributed by atoms with Crippen molar-refractivity contribution < 1.29 is 48.7 Å². The highest BCUT2D eigenvalue weighted by Gasteiger charge is 2.36. The third-order valence-electron chi connectivity index (χ3n) is 19.0. The van der Waals surface area contributed by atoms with Crippen molar-refractivity contribution in [3.63, 3.8) is 0 Å². The van der Waals surface area contributed by atoms with Gasteiger partial charge in [0.05, 0.1) is 25.6 Å². The number of rotatable bonds is 20. The Kier molecular flexibility index (Phi) is 24.2. The van der Waals surface area contributed by atoms with Gasteiger partial charge < -0.3 is 33.8 Å². The lowest BCUT2D eigenvalue weighted by Gasteiger charge is -2.38. The second-order valence-corrected chi connectivity index (χ2v) is 32.6. The fraction of sp³-hybridized carbons (Fsp3) is 0.311. The van der Waals surface area contributed by atoms with Gasteiger partial charge >= 0.3 is 0 Å². The Morgan fingerprint density at radius 3 is 1.64 bits per heavy atom. The number of aryl methyl sites for hydroxylation is 1. The quantitative estimate of drug-likeness (QED) is 0.0638. The predicted molar refractivity (Wildman–Crippen MR) is 413 cm³/mol. The standard InChI is InChI=1S/C27H31N5O3S.C24H26ClN5O4S.C23H22ClN5O3S2.3H2/c33-27(26(22-8-4-5-9-22)21-6-2-1-3-7-21)32-18-16-31(17-19-32)23-10-12-24(13-11-23)36(34,35)30-25-14-15-28-20-29-25;1-17-15-19(25)3-8-22(17)34-18(2)24(31)30-13-11-29(12-14-30)20-4-6-21(7-5-20)35(32,33)28-23-9-10-26-16-27-23;24-19-13-18-7-11-29(22(18)26-14-19)15-21(30)28-9-5-17(6-10-28)16-1-3-20(4-2-16)34(31,32)27-23-25-8-12-33-23;;;/h1-3,6-7,10-15,20,22,26H,4-5,8-9,16-19H2,(H,28,29,30);3-10,15-16,18H,11-14H2,1-2H3,(H,26,27,28);1-4,7-8,11-14,17H,5-6,9-10,15H2,(H,25,27);3*1H. The van der Waals surface area contributed by atoms with Crippen LogP contribution in [0.4, 0.5) is 28.1 Å². The van der Waals surface area contributed by atoms with Crippen molar-refractivity contribution in [1.82, 2.24) is 49.2 Å². The third kappa shape index (κ3) is 19.2. The number of hydrogen-bond acceptors (Lipinski definition) is 19. The zero-order valence-corrected chi connectivity index (χ0v) is 62.4. The van der Waals surface area contributed by atoms with Crippen LogP contribution in [0.15, 0.2) is 209 Å². The summed E-state index contributed by atoms with van der Waals surface area (Å²) < 4.78 is 90.7. The zero-order chi connectivity index (χ0) is 73.7.